The molecule has 0 atom stereocenters. The van der Waals surface area contributed by atoms with Gasteiger partial charge in [0.1, 0.15) is 0 Å². The van der Waals surface area contributed by atoms with Crippen molar-refractivity contribution in [1.82, 2.24) is 15.5 Å². The van der Waals surface area contributed by atoms with Gasteiger partial charge in [-0.3, -0.25) is 9.59 Å². The van der Waals surface area contributed by atoms with E-state index in [0.29, 0.717) is 24.5 Å². The second-order valence-corrected chi connectivity index (χ2v) is 7.76. The summed E-state index contributed by atoms with van der Waals surface area (Å²) in [6.45, 7) is 4.56. The Labute approximate surface area is 160 Å². The third kappa shape index (κ3) is 6.30. The van der Waals surface area contributed by atoms with E-state index in [1.165, 1.54) is 41.3 Å². The zero-order valence-electron chi connectivity index (χ0n) is 15.0. The Morgan fingerprint density at radius 3 is 2.85 bits per heavy atom. The molecule has 0 saturated heterocycles. The van der Waals surface area contributed by atoms with Gasteiger partial charge in [0.15, 0.2) is 4.34 Å². The minimum absolute atomic E-state index is 0.0981. The van der Waals surface area contributed by atoms with Gasteiger partial charge in [-0.15, -0.1) is 10.2 Å². The number of carbonyl (C=O) groups is 2. The van der Waals surface area contributed by atoms with E-state index in [4.69, 9.17) is 0 Å². The Morgan fingerprint density at radius 2 is 2.08 bits per heavy atom. The highest BCUT2D eigenvalue weighted by Crippen LogP contribution is 2.29. The molecule has 0 radical (unpaired) electrons. The Kier molecular flexibility index (Phi) is 7.86. The topological polar surface area (TPSA) is 93.2 Å². The van der Waals surface area contributed by atoms with Crippen LogP contribution >= 0.6 is 23.1 Å². The minimum Gasteiger partial charge on any atom is -0.469 e. The first-order chi connectivity index (χ1) is 12.5. The van der Waals surface area contributed by atoms with E-state index < -0.39 is 0 Å². The SMILES string of the molecule is COC(=O)CCCNC(=O)CSc1nnc(Nc2cccc(C)c2C)s1. The van der Waals surface area contributed by atoms with E-state index in [-0.39, 0.29) is 17.6 Å². The summed E-state index contributed by atoms with van der Waals surface area (Å²) in [5.41, 5.74) is 3.38. The number of carbonyl (C=O) groups excluding carboxylic acids is 2. The lowest BCUT2D eigenvalue weighted by atomic mass is 10.1. The number of aromatic nitrogens is 2. The molecule has 0 unspecified atom stereocenters. The third-order valence-corrected chi connectivity index (χ3v) is 5.66. The average Bonchev–Trinajstić information content (AvgIpc) is 3.08. The van der Waals surface area contributed by atoms with E-state index in [1.807, 2.05) is 12.1 Å². The zero-order valence-corrected chi connectivity index (χ0v) is 16.6. The van der Waals surface area contributed by atoms with Crippen molar-refractivity contribution in [2.45, 2.75) is 31.0 Å². The number of aryl methyl sites for hydroxylation is 1. The number of amides is 1. The first-order valence-corrected chi connectivity index (χ1v) is 9.93. The summed E-state index contributed by atoms with van der Waals surface area (Å²) in [7, 11) is 1.35. The van der Waals surface area contributed by atoms with Crippen LogP contribution in [0, 0.1) is 13.8 Å². The molecule has 1 amide bonds. The number of rotatable bonds is 9. The van der Waals surface area contributed by atoms with E-state index >= 15 is 0 Å². The van der Waals surface area contributed by atoms with Gasteiger partial charge >= 0.3 is 5.97 Å². The van der Waals surface area contributed by atoms with Gasteiger partial charge < -0.3 is 15.4 Å². The average molecular weight is 395 g/mol. The van der Waals surface area contributed by atoms with E-state index in [2.05, 4.69) is 45.5 Å². The molecule has 2 rings (SSSR count). The number of anilines is 2. The number of nitrogens with zero attached hydrogens (tertiary/aromatic N) is 2. The number of ether oxygens (including phenoxy) is 1. The summed E-state index contributed by atoms with van der Waals surface area (Å²) in [4.78, 5) is 22.8. The maximum absolute atomic E-state index is 11.8. The van der Waals surface area contributed by atoms with E-state index in [1.54, 1.807) is 0 Å². The van der Waals surface area contributed by atoms with Crippen molar-refractivity contribution in [3.8, 4) is 0 Å². The maximum Gasteiger partial charge on any atom is 0.305 e. The fourth-order valence-corrected chi connectivity index (χ4v) is 3.66. The quantitative estimate of drug-likeness (QED) is 0.383. The van der Waals surface area contributed by atoms with Crippen LogP contribution in [0.2, 0.25) is 0 Å². The number of nitrogens with one attached hydrogen (secondary N) is 2. The van der Waals surface area contributed by atoms with E-state index in [0.717, 1.165) is 10.0 Å². The van der Waals surface area contributed by atoms with Crippen LogP contribution in [0.5, 0.6) is 0 Å². The van der Waals surface area contributed by atoms with Crippen molar-refractivity contribution in [3.05, 3.63) is 29.3 Å². The molecule has 0 bridgehead atoms. The van der Waals surface area contributed by atoms with Crippen LogP contribution in [-0.4, -0.2) is 41.5 Å². The van der Waals surface area contributed by atoms with Crippen molar-refractivity contribution >= 4 is 45.8 Å². The Balaban J connectivity index is 1.75. The summed E-state index contributed by atoms with van der Waals surface area (Å²) >= 11 is 2.75. The lowest BCUT2D eigenvalue weighted by Crippen LogP contribution is -2.26. The van der Waals surface area contributed by atoms with Crippen molar-refractivity contribution in [1.29, 1.82) is 0 Å². The van der Waals surface area contributed by atoms with Crippen LogP contribution in [0.4, 0.5) is 10.8 Å². The molecule has 0 spiro atoms. The van der Waals surface area contributed by atoms with Gasteiger partial charge in [-0.2, -0.15) is 0 Å². The summed E-state index contributed by atoms with van der Waals surface area (Å²) in [6.07, 6.45) is 0.861. The Bertz CT molecular complexity index is 764. The van der Waals surface area contributed by atoms with Gasteiger partial charge in [-0.25, -0.2) is 0 Å². The Hall–Kier alpha value is -2.13. The van der Waals surface area contributed by atoms with Crippen molar-refractivity contribution < 1.29 is 14.3 Å². The number of thioether (sulfide) groups is 1. The summed E-state index contributed by atoms with van der Waals surface area (Å²) in [6, 6.07) is 6.05. The van der Waals surface area contributed by atoms with Crippen LogP contribution in [0.1, 0.15) is 24.0 Å². The summed E-state index contributed by atoms with van der Waals surface area (Å²) in [5, 5.41) is 14.9. The lowest BCUT2D eigenvalue weighted by molar-refractivity contribution is -0.140. The number of hydrogen-bond donors (Lipinski definition) is 2. The number of hydrogen-bond acceptors (Lipinski definition) is 8. The van der Waals surface area contributed by atoms with Crippen LogP contribution < -0.4 is 10.6 Å². The lowest BCUT2D eigenvalue weighted by Gasteiger charge is -2.08. The van der Waals surface area contributed by atoms with Gasteiger partial charge in [-0.05, 0) is 37.5 Å². The van der Waals surface area contributed by atoms with Gasteiger partial charge in [0, 0.05) is 18.7 Å². The molecule has 0 aliphatic rings. The Morgan fingerprint density at radius 1 is 1.27 bits per heavy atom. The van der Waals surface area contributed by atoms with Gasteiger partial charge in [-0.1, -0.05) is 35.2 Å². The van der Waals surface area contributed by atoms with E-state index in [9.17, 15) is 9.59 Å². The molecule has 1 aromatic carbocycles. The van der Waals surface area contributed by atoms with Crippen molar-refractivity contribution in [2.75, 3.05) is 24.7 Å². The number of benzene rings is 1. The normalized spacial score (nSPS) is 10.4. The highest BCUT2D eigenvalue weighted by molar-refractivity contribution is 8.01. The third-order valence-electron chi connectivity index (χ3n) is 3.69. The molecule has 26 heavy (non-hydrogen) atoms. The molecule has 0 saturated carbocycles. The molecule has 0 aliphatic heterocycles. The molecule has 140 valence electrons. The van der Waals surface area contributed by atoms with Crippen LogP contribution in [0.25, 0.3) is 0 Å². The standard InChI is InChI=1S/C17H22N4O3S2/c1-11-6-4-7-13(12(11)2)19-16-20-21-17(26-16)25-10-14(22)18-9-5-8-15(23)24-3/h4,6-7H,5,8-10H2,1-3H3,(H,18,22)(H,19,20). The second-order valence-electron chi connectivity index (χ2n) is 5.56. The van der Waals surface area contributed by atoms with Crippen molar-refractivity contribution in [2.24, 2.45) is 0 Å². The van der Waals surface area contributed by atoms with Gasteiger partial charge in [0.25, 0.3) is 0 Å². The molecule has 7 nitrogen and oxygen atoms in total. The fraction of sp³-hybridized carbons (Fsp3) is 0.412. The molecular weight excluding hydrogens is 372 g/mol. The first kappa shape index (κ1) is 20.2. The molecule has 0 aliphatic carbocycles. The van der Waals surface area contributed by atoms with Crippen LogP contribution in [-0.2, 0) is 14.3 Å². The van der Waals surface area contributed by atoms with Crippen LogP contribution in [0.3, 0.4) is 0 Å². The largest absolute Gasteiger partial charge is 0.469 e. The molecule has 1 heterocycles. The molecule has 2 N–H and O–H groups in total. The maximum atomic E-state index is 11.8. The summed E-state index contributed by atoms with van der Waals surface area (Å²) < 4.78 is 5.27. The number of esters is 1. The van der Waals surface area contributed by atoms with Gasteiger partial charge in [0.05, 0.1) is 12.9 Å². The molecule has 1 aromatic heterocycles. The number of methoxy groups -OCH3 is 1. The molecule has 2 aromatic rings. The highest BCUT2D eigenvalue weighted by Gasteiger charge is 2.10. The highest BCUT2D eigenvalue weighted by atomic mass is 32.2. The monoisotopic (exact) mass is 394 g/mol. The van der Waals surface area contributed by atoms with Gasteiger partial charge in [0.2, 0.25) is 11.0 Å². The first-order valence-electron chi connectivity index (χ1n) is 8.12. The summed E-state index contributed by atoms with van der Waals surface area (Å²) in [5.74, 6) is -0.110. The predicted molar refractivity (Wildman–Crippen MR) is 104 cm³/mol. The smallest absolute Gasteiger partial charge is 0.305 e. The van der Waals surface area contributed by atoms with Crippen molar-refractivity contribution in [3.63, 3.8) is 0 Å². The fourth-order valence-electron chi connectivity index (χ4n) is 2.06. The molecule has 9 heteroatoms. The van der Waals surface area contributed by atoms with Crippen LogP contribution in [0.15, 0.2) is 22.5 Å². The zero-order chi connectivity index (χ0) is 18.9. The second kappa shape index (κ2) is 10.1. The molecular formula is C17H22N4O3S2. The predicted octanol–water partition coefficient (Wildman–Crippen LogP) is 3.06. The molecule has 0 fully saturated rings. The minimum atomic E-state index is -0.272.